The van der Waals surface area contributed by atoms with Crippen molar-refractivity contribution >= 4 is 18.2 Å². The molecule has 6 nitrogen and oxygen atoms in total. The molecule has 0 atom stereocenters. The van der Waals surface area contributed by atoms with E-state index in [-0.39, 0.29) is 16.9 Å². The lowest BCUT2D eigenvalue weighted by Gasteiger charge is -2.21. The van der Waals surface area contributed by atoms with Gasteiger partial charge in [0, 0.05) is 0 Å². The highest BCUT2D eigenvalue weighted by molar-refractivity contribution is 5.94. The molecule has 0 amide bonds. The molecule has 0 saturated heterocycles. The van der Waals surface area contributed by atoms with Gasteiger partial charge in [-0.15, -0.1) is 0 Å². The third-order valence-corrected chi connectivity index (χ3v) is 2.97. The molecule has 0 aromatic heterocycles. The van der Waals surface area contributed by atoms with Crippen LogP contribution >= 0.6 is 0 Å². The minimum atomic E-state index is -1.11. The largest absolute Gasteiger partial charge is 0.479 e. The van der Waals surface area contributed by atoms with Crippen LogP contribution in [0.15, 0.2) is 54.6 Å². The molecule has 6 heteroatoms. The lowest BCUT2D eigenvalue weighted by Crippen LogP contribution is -2.30. The van der Waals surface area contributed by atoms with Crippen LogP contribution in [0.2, 0.25) is 0 Å². The summed E-state index contributed by atoms with van der Waals surface area (Å²) in [7, 11) is 0. The summed E-state index contributed by atoms with van der Waals surface area (Å²) in [5.41, 5.74) is -0.831. The zero-order chi connectivity index (χ0) is 17.6. The summed E-state index contributed by atoms with van der Waals surface area (Å²) in [5, 5.41) is 0. The molecule has 0 N–H and O–H groups in total. The normalized spacial score (nSPS) is 10.6. The maximum absolute atomic E-state index is 12.1. The Bertz CT molecular complexity index is 736. The smallest absolute Gasteiger partial charge is 0.390 e. The molecule has 0 bridgehead atoms. The average molecular weight is 328 g/mol. The van der Waals surface area contributed by atoms with Gasteiger partial charge in [-0.1, -0.05) is 30.3 Å². The van der Waals surface area contributed by atoms with Crippen molar-refractivity contribution in [1.29, 1.82) is 0 Å². The summed E-state index contributed by atoms with van der Waals surface area (Å²) in [4.78, 5) is 44.0. The Hall–Kier alpha value is -3.15. The van der Waals surface area contributed by atoms with E-state index in [1.165, 1.54) is 24.3 Å². The van der Waals surface area contributed by atoms with E-state index in [0.717, 1.165) is 0 Å². The van der Waals surface area contributed by atoms with Crippen molar-refractivity contribution in [3.05, 3.63) is 65.7 Å². The van der Waals surface area contributed by atoms with Crippen LogP contribution in [-0.2, 0) is 14.6 Å². The van der Waals surface area contributed by atoms with Crippen molar-refractivity contribution in [2.45, 2.75) is 19.4 Å². The second-order valence-electron chi connectivity index (χ2n) is 5.43. The van der Waals surface area contributed by atoms with Gasteiger partial charge < -0.3 is 4.74 Å². The predicted molar refractivity (Wildman–Crippen MR) is 84.5 cm³/mol. The molecule has 2 aromatic carbocycles. The Kier molecular flexibility index (Phi) is 5.31. The molecule has 0 spiro atoms. The maximum Gasteiger partial charge on any atom is 0.390 e. The number of aldehydes is 1. The SMILES string of the molecule is CC(C)(C=O)Oc1ccccc1C(=O)OOC(=O)c1ccccc1. The van der Waals surface area contributed by atoms with Crippen LogP contribution in [0.5, 0.6) is 5.75 Å². The maximum atomic E-state index is 12.1. The molecule has 0 heterocycles. The Morgan fingerprint density at radius 1 is 0.875 bits per heavy atom. The highest BCUT2D eigenvalue weighted by Crippen LogP contribution is 2.23. The van der Waals surface area contributed by atoms with Crippen LogP contribution in [0.25, 0.3) is 0 Å². The standard InChI is InChI=1S/C18H16O6/c1-18(2,12-19)22-15-11-7-6-10-14(15)17(21)24-23-16(20)13-8-4-3-5-9-13/h3-12H,1-2H3. The molecular weight excluding hydrogens is 312 g/mol. The summed E-state index contributed by atoms with van der Waals surface area (Å²) in [6.45, 7) is 3.11. The van der Waals surface area contributed by atoms with Gasteiger partial charge in [0.15, 0.2) is 11.9 Å². The zero-order valence-corrected chi connectivity index (χ0v) is 13.2. The molecule has 0 unspecified atom stereocenters. The molecule has 2 rings (SSSR count). The van der Waals surface area contributed by atoms with Crippen molar-refractivity contribution in [3.63, 3.8) is 0 Å². The van der Waals surface area contributed by atoms with E-state index < -0.39 is 17.5 Å². The zero-order valence-electron chi connectivity index (χ0n) is 13.2. The van der Waals surface area contributed by atoms with Gasteiger partial charge in [0.05, 0.1) is 5.56 Å². The van der Waals surface area contributed by atoms with Crippen LogP contribution in [0.3, 0.4) is 0 Å². The van der Waals surface area contributed by atoms with Crippen molar-refractivity contribution in [2.75, 3.05) is 0 Å². The van der Waals surface area contributed by atoms with E-state index >= 15 is 0 Å². The van der Waals surface area contributed by atoms with Gasteiger partial charge in [-0.3, -0.25) is 4.79 Å². The Morgan fingerprint density at radius 3 is 2.12 bits per heavy atom. The Labute approximate surface area is 138 Å². The summed E-state index contributed by atoms with van der Waals surface area (Å²) < 4.78 is 5.49. The fourth-order valence-corrected chi connectivity index (χ4v) is 1.77. The lowest BCUT2D eigenvalue weighted by molar-refractivity contribution is -0.187. The van der Waals surface area contributed by atoms with E-state index in [0.29, 0.717) is 6.29 Å². The summed E-state index contributed by atoms with van der Waals surface area (Å²) >= 11 is 0. The molecule has 0 aliphatic carbocycles. The Morgan fingerprint density at radius 2 is 1.46 bits per heavy atom. The first-order valence-electron chi connectivity index (χ1n) is 7.15. The number of hydrogen-bond acceptors (Lipinski definition) is 6. The molecule has 0 aliphatic rings. The highest BCUT2D eigenvalue weighted by atomic mass is 17.2. The van der Waals surface area contributed by atoms with Crippen molar-refractivity contribution in [2.24, 2.45) is 0 Å². The minimum absolute atomic E-state index is 0.0355. The van der Waals surface area contributed by atoms with Crippen LogP contribution in [0, 0.1) is 0 Å². The van der Waals surface area contributed by atoms with Crippen LogP contribution in [0.4, 0.5) is 0 Å². The fraction of sp³-hybridized carbons (Fsp3) is 0.167. The molecule has 2 aromatic rings. The number of carbonyl (C=O) groups is 3. The fourth-order valence-electron chi connectivity index (χ4n) is 1.77. The molecule has 0 saturated carbocycles. The van der Waals surface area contributed by atoms with E-state index in [4.69, 9.17) is 4.74 Å². The Balaban J connectivity index is 2.08. The molecule has 24 heavy (non-hydrogen) atoms. The lowest BCUT2D eigenvalue weighted by atomic mass is 10.1. The third kappa shape index (κ3) is 4.42. The van der Waals surface area contributed by atoms with Crippen molar-refractivity contribution in [1.82, 2.24) is 0 Å². The van der Waals surface area contributed by atoms with Crippen LogP contribution in [-0.4, -0.2) is 23.8 Å². The first-order valence-corrected chi connectivity index (χ1v) is 7.15. The number of hydrogen-bond donors (Lipinski definition) is 0. The van der Waals surface area contributed by atoms with E-state index in [1.54, 1.807) is 44.2 Å². The van der Waals surface area contributed by atoms with E-state index in [2.05, 4.69) is 9.78 Å². The summed E-state index contributed by atoms with van der Waals surface area (Å²) in [5.74, 6) is -1.55. The number of carbonyl (C=O) groups excluding carboxylic acids is 3. The van der Waals surface area contributed by atoms with Crippen molar-refractivity contribution in [3.8, 4) is 5.75 Å². The van der Waals surface area contributed by atoms with Gasteiger partial charge >= 0.3 is 11.9 Å². The molecule has 0 fully saturated rings. The van der Waals surface area contributed by atoms with Crippen LogP contribution in [0.1, 0.15) is 34.6 Å². The third-order valence-electron chi connectivity index (χ3n) is 2.97. The first kappa shape index (κ1) is 17.2. The summed E-state index contributed by atoms with van der Waals surface area (Å²) in [6, 6.07) is 14.3. The topological polar surface area (TPSA) is 78.9 Å². The monoisotopic (exact) mass is 328 g/mol. The average Bonchev–Trinajstić information content (AvgIpc) is 2.60. The summed E-state index contributed by atoms with van der Waals surface area (Å²) in [6.07, 6.45) is 0.616. The number of ether oxygens (including phenoxy) is 1. The second kappa shape index (κ2) is 7.41. The second-order valence-corrected chi connectivity index (χ2v) is 5.43. The molecule has 0 radical (unpaired) electrons. The minimum Gasteiger partial charge on any atom is -0.479 e. The molecule has 0 aliphatic heterocycles. The predicted octanol–water partition coefficient (Wildman–Crippen LogP) is 2.97. The van der Waals surface area contributed by atoms with Gasteiger partial charge in [-0.2, -0.15) is 0 Å². The quantitative estimate of drug-likeness (QED) is 0.477. The van der Waals surface area contributed by atoms with Gasteiger partial charge in [0.1, 0.15) is 11.3 Å². The van der Waals surface area contributed by atoms with Crippen LogP contribution < -0.4 is 4.74 Å². The number of rotatable bonds is 5. The number of benzene rings is 2. The van der Waals surface area contributed by atoms with Gasteiger partial charge in [-0.05, 0) is 38.1 Å². The number of para-hydroxylation sites is 1. The van der Waals surface area contributed by atoms with E-state index in [9.17, 15) is 14.4 Å². The van der Waals surface area contributed by atoms with Crippen molar-refractivity contribution < 1.29 is 28.9 Å². The van der Waals surface area contributed by atoms with Gasteiger partial charge in [0.25, 0.3) is 0 Å². The van der Waals surface area contributed by atoms with Gasteiger partial charge in [0.2, 0.25) is 0 Å². The van der Waals surface area contributed by atoms with Gasteiger partial charge in [-0.25, -0.2) is 19.4 Å². The highest BCUT2D eigenvalue weighted by Gasteiger charge is 2.24. The molecular formula is C18H16O6. The molecule has 124 valence electrons. The first-order chi connectivity index (χ1) is 11.4. The van der Waals surface area contributed by atoms with E-state index in [1.807, 2.05) is 0 Å².